The molecule has 23 heavy (non-hydrogen) atoms. The molecular weight excluding hydrogens is 404 g/mol. The Morgan fingerprint density at radius 3 is 2.48 bits per heavy atom. The first-order valence-corrected chi connectivity index (χ1v) is 9.69. The van der Waals surface area contributed by atoms with Crippen molar-refractivity contribution in [3.8, 4) is 5.75 Å². The van der Waals surface area contributed by atoms with Crippen molar-refractivity contribution < 1.29 is 17.9 Å². The van der Waals surface area contributed by atoms with Crippen LogP contribution in [-0.2, 0) is 14.8 Å². The van der Waals surface area contributed by atoms with Crippen molar-refractivity contribution in [3.05, 3.63) is 40.2 Å². The number of carbonyl (C=O) groups excluding carboxylic acids is 1. The smallest absolute Gasteiger partial charge is 0.250 e. The highest BCUT2D eigenvalue weighted by atomic mass is 79.9. The maximum atomic E-state index is 12.0. The van der Waals surface area contributed by atoms with Gasteiger partial charge in [-0.1, -0.05) is 0 Å². The summed E-state index contributed by atoms with van der Waals surface area (Å²) >= 11 is 4.33. The number of amides is 1. The standard InChI is InChI=1S/C14H15BrN2O4S2/c1-21-11-4-2-10(3-5-11)17-13(18)8-9-16-23(19,20)14-7-6-12(15)22-14/h2-7,16H,8-9H2,1H3,(H,17,18). The fraction of sp³-hybridized carbons (Fsp3) is 0.214. The van der Waals surface area contributed by atoms with Gasteiger partial charge in [0.2, 0.25) is 15.9 Å². The molecule has 0 saturated heterocycles. The average Bonchev–Trinajstić information content (AvgIpc) is 2.95. The molecule has 1 amide bonds. The number of methoxy groups -OCH3 is 1. The molecule has 0 aliphatic heterocycles. The molecule has 0 bridgehead atoms. The minimum atomic E-state index is -3.57. The molecule has 0 radical (unpaired) electrons. The molecule has 0 fully saturated rings. The van der Waals surface area contributed by atoms with E-state index < -0.39 is 10.0 Å². The van der Waals surface area contributed by atoms with E-state index >= 15 is 0 Å². The van der Waals surface area contributed by atoms with E-state index in [1.54, 1.807) is 37.4 Å². The van der Waals surface area contributed by atoms with Gasteiger partial charge in [-0.15, -0.1) is 11.3 Å². The van der Waals surface area contributed by atoms with Gasteiger partial charge in [0.05, 0.1) is 10.9 Å². The summed E-state index contributed by atoms with van der Waals surface area (Å²) in [5.41, 5.74) is 0.626. The molecule has 0 spiro atoms. The van der Waals surface area contributed by atoms with Gasteiger partial charge in [0.25, 0.3) is 0 Å². The fourth-order valence-electron chi connectivity index (χ4n) is 1.71. The van der Waals surface area contributed by atoms with Crippen molar-refractivity contribution in [2.75, 3.05) is 19.0 Å². The summed E-state index contributed by atoms with van der Waals surface area (Å²) in [5, 5.41) is 2.69. The second-order valence-electron chi connectivity index (χ2n) is 4.48. The van der Waals surface area contributed by atoms with Gasteiger partial charge in [-0.05, 0) is 52.3 Å². The molecule has 124 valence electrons. The Morgan fingerprint density at radius 2 is 1.91 bits per heavy atom. The Labute approximate surface area is 147 Å². The maximum absolute atomic E-state index is 12.0. The number of halogens is 1. The SMILES string of the molecule is COc1ccc(NC(=O)CCNS(=O)(=O)c2ccc(Br)s2)cc1. The zero-order chi connectivity index (χ0) is 16.9. The van der Waals surface area contributed by atoms with Gasteiger partial charge in [0.15, 0.2) is 0 Å². The highest BCUT2D eigenvalue weighted by Crippen LogP contribution is 2.25. The molecule has 0 aliphatic carbocycles. The first kappa shape index (κ1) is 17.9. The largest absolute Gasteiger partial charge is 0.497 e. The van der Waals surface area contributed by atoms with Gasteiger partial charge in [-0.3, -0.25) is 4.79 Å². The Balaban J connectivity index is 1.82. The average molecular weight is 419 g/mol. The number of benzene rings is 1. The summed E-state index contributed by atoms with van der Waals surface area (Å²) in [5.74, 6) is 0.420. The van der Waals surface area contributed by atoms with E-state index in [9.17, 15) is 13.2 Å². The van der Waals surface area contributed by atoms with Crippen LogP contribution in [0.2, 0.25) is 0 Å². The minimum Gasteiger partial charge on any atom is -0.497 e. The van der Waals surface area contributed by atoms with Gasteiger partial charge in [0.1, 0.15) is 9.96 Å². The van der Waals surface area contributed by atoms with E-state index in [-0.39, 0.29) is 23.1 Å². The third-order valence-corrected chi connectivity index (χ3v) is 6.41. The zero-order valence-corrected chi connectivity index (χ0v) is 15.4. The van der Waals surface area contributed by atoms with Crippen LogP contribution in [0, 0.1) is 0 Å². The van der Waals surface area contributed by atoms with E-state index in [2.05, 4.69) is 26.0 Å². The molecule has 6 nitrogen and oxygen atoms in total. The second-order valence-corrected chi connectivity index (χ2v) is 8.94. The van der Waals surface area contributed by atoms with Crippen LogP contribution >= 0.6 is 27.3 Å². The Bertz CT molecular complexity index is 772. The number of nitrogens with one attached hydrogen (secondary N) is 2. The lowest BCUT2D eigenvalue weighted by molar-refractivity contribution is -0.116. The van der Waals surface area contributed by atoms with Crippen LogP contribution in [0.15, 0.2) is 44.4 Å². The normalized spacial score (nSPS) is 11.2. The minimum absolute atomic E-state index is 0.0276. The predicted molar refractivity (Wildman–Crippen MR) is 93.4 cm³/mol. The van der Waals surface area contributed by atoms with Crippen molar-refractivity contribution in [2.24, 2.45) is 0 Å². The molecule has 2 rings (SSSR count). The molecule has 0 unspecified atom stereocenters. The predicted octanol–water partition coefficient (Wildman–Crippen LogP) is 2.83. The van der Waals surface area contributed by atoms with E-state index in [1.807, 2.05) is 0 Å². The number of ether oxygens (including phenoxy) is 1. The summed E-state index contributed by atoms with van der Waals surface area (Å²) in [4.78, 5) is 11.8. The van der Waals surface area contributed by atoms with E-state index in [0.29, 0.717) is 11.4 Å². The van der Waals surface area contributed by atoms with Gasteiger partial charge in [-0.2, -0.15) is 0 Å². The van der Waals surface area contributed by atoms with Crippen molar-refractivity contribution in [1.29, 1.82) is 0 Å². The number of hydrogen-bond donors (Lipinski definition) is 2. The first-order valence-electron chi connectivity index (χ1n) is 6.59. The number of sulfonamides is 1. The van der Waals surface area contributed by atoms with Crippen LogP contribution in [0.3, 0.4) is 0 Å². The zero-order valence-electron chi connectivity index (χ0n) is 12.2. The van der Waals surface area contributed by atoms with E-state index in [4.69, 9.17) is 4.74 Å². The summed E-state index contributed by atoms with van der Waals surface area (Å²) in [7, 11) is -2.01. The lowest BCUT2D eigenvalue weighted by atomic mass is 10.3. The number of rotatable bonds is 7. The number of carbonyl (C=O) groups is 1. The van der Waals surface area contributed by atoms with Crippen molar-refractivity contribution >= 4 is 48.9 Å². The van der Waals surface area contributed by atoms with Crippen LogP contribution in [0.4, 0.5) is 5.69 Å². The second kappa shape index (κ2) is 7.91. The fourth-order valence-corrected chi connectivity index (χ4v) is 4.80. The summed E-state index contributed by atoms with van der Waals surface area (Å²) in [6.45, 7) is 0.0276. The van der Waals surface area contributed by atoms with E-state index in [1.165, 1.54) is 6.07 Å². The molecule has 0 aliphatic rings. The summed E-state index contributed by atoms with van der Waals surface area (Å²) in [6, 6.07) is 10.1. The lowest BCUT2D eigenvalue weighted by Crippen LogP contribution is -2.27. The molecule has 0 saturated carbocycles. The highest BCUT2D eigenvalue weighted by Gasteiger charge is 2.16. The molecular formula is C14H15BrN2O4S2. The summed E-state index contributed by atoms with van der Waals surface area (Å²) < 4.78 is 32.4. The van der Waals surface area contributed by atoms with Crippen LogP contribution in [0.1, 0.15) is 6.42 Å². The summed E-state index contributed by atoms with van der Waals surface area (Å²) in [6.07, 6.45) is 0.0395. The highest BCUT2D eigenvalue weighted by molar-refractivity contribution is 9.11. The number of anilines is 1. The van der Waals surface area contributed by atoms with Gasteiger partial charge >= 0.3 is 0 Å². The Morgan fingerprint density at radius 1 is 1.22 bits per heavy atom. The molecule has 9 heteroatoms. The Hall–Kier alpha value is -1.42. The van der Waals surface area contributed by atoms with E-state index in [0.717, 1.165) is 15.1 Å². The maximum Gasteiger partial charge on any atom is 0.250 e. The van der Waals surface area contributed by atoms with Crippen LogP contribution in [0.25, 0.3) is 0 Å². The number of thiophene rings is 1. The van der Waals surface area contributed by atoms with Gasteiger partial charge in [0, 0.05) is 18.7 Å². The number of hydrogen-bond acceptors (Lipinski definition) is 5. The molecule has 0 atom stereocenters. The monoisotopic (exact) mass is 418 g/mol. The van der Waals surface area contributed by atoms with Crippen LogP contribution < -0.4 is 14.8 Å². The molecule has 1 aromatic carbocycles. The third kappa shape index (κ3) is 5.31. The van der Waals surface area contributed by atoms with Crippen molar-refractivity contribution in [1.82, 2.24) is 4.72 Å². The molecule has 2 aromatic rings. The Kier molecular flexibility index (Phi) is 6.17. The molecule has 2 N–H and O–H groups in total. The van der Waals surface area contributed by atoms with Crippen molar-refractivity contribution in [2.45, 2.75) is 10.6 Å². The lowest BCUT2D eigenvalue weighted by Gasteiger charge is -2.07. The van der Waals surface area contributed by atoms with Crippen LogP contribution in [-0.4, -0.2) is 28.0 Å². The van der Waals surface area contributed by atoms with Gasteiger partial charge < -0.3 is 10.1 Å². The molecule has 1 heterocycles. The topological polar surface area (TPSA) is 84.5 Å². The van der Waals surface area contributed by atoms with Gasteiger partial charge in [-0.25, -0.2) is 13.1 Å². The third-order valence-electron chi connectivity index (χ3n) is 2.83. The quantitative estimate of drug-likeness (QED) is 0.723. The van der Waals surface area contributed by atoms with Crippen LogP contribution in [0.5, 0.6) is 5.75 Å². The van der Waals surface area contributed by atoms with Crippen molar-refractivity contribution in [3.63, 3.8) is 0 Å². The first-order chi connectivity index (χ1) is 10.9. The molecule has 1 aromatic heterocycles.